The fourth-order valence-corrected chi connectivity index (χ4v) is 3.88. The number of hydrogen-bond donors (Lipinski definition) is 2. The predicted molar refractivity (Wildman–Crippen MR) is 88.0 cm³/mol. The van der Waals surface area contributed by atoms with E-state index in [1.807, 2.05) is 4.90 Å². The lowest BCUT2D eigenvalue weighted by Crippen LogP contribution is -2.41. The van der Waals surface area contributed by atoms with Crippen molar-refractivity contribution in [3.8, 4) is 0 Å². The summed E-state index contributed by atoms with van der Waals surface area (Å²) >= 11 is 0. The number of amides is 1. The second-order valence-corrected chi connectivity index (χ2v) is 7.03. The number of carbonyl (C=O) groups is 1. The molecule has 1 spiro atoms. The van der Waals surface area contributed by atoms with Crippen LogP contribution in [0.2, 0.25) is 0 Å². The van der Waals surface area contributed by atoms with E-state index in [2.05, 4.69) is 28.8 Å². The smallest absolute Gasteiger partial charge is 0.219 e. The normalized spacial score (nSPS) is 27.2. The van der Waals surface area contributed by atoms with Crippen molar-refractivity contribution in [3.05, 3.63) is 29.3 Å². The third kappa shape index (κ3) is 2.50. The Morgan fingerprint density at radius 3 is 2.86 bits per heavy atom. The summed E-state index contributed by atoms with van der Waals surface area (Å²) in [5.74, 6) is 0.176. The number of fused-ring (bicyclic) bond motifs is 2. The minimum atomic E-state index is -0.308. The van der Waals surface area contributed by atoms with Gasteiger partial charge in [0.1, 0.15) is 0 Å². The summed E-state index contributed by atoms with van der Waals surface area (Å²) in [5.41, 5.74) is 3.95. The molecule has 0 bridgehead atoms. The van der Waals surface area contributed by atoms with Gasteiger partial charge in [0.05, 0.1) is 0 Å². The topological polar surface area (TPSA) is 44.4 Å². The molecule has 1 saturated heterocycles. The second kappa shape index (κ2) is 5.27. The number of hydrogen-bond acceptors (Lipinski definition) is 3. The Labute approximate surface area is 133 Å². The van der Waals surface area contributed by atoms with Crippen LogP contribution in [0.25, 0.3) is 0 Å². The van der Waals surface area contributed by atoms with Crippen LogP contribution in [0.15, 0.2) is 18.2 Å². The van der Waals surface area contributed by atoms with Crippen LogP contribution in [0.5, 0.6) is 0 Å². The van der Waals surface area contributed by atoms with Gasteiger partial charge in [-0.1, -0.05) is 6.07 Å². The van der Waals surface area contributed by atoms with Gasteiger partial charge in [-0.3, -0.25) is 4.79 Å². The molecule has 1 amide bonds. The lowest BCUT2D eigenvalue weighted by atomic mass is 9.87. The van der Waals surface area contributed by atoms with Crippen LogP contribution in [-0.4, -0.2) is 36.5 Å². The highest BCUT2D eigenvalue weighted by Gasteiger charge is 2.46. The summed E-state index contributed by atoms with van der Waals surface area (Å²) in [6.45, 7) is 3.96. The summed E-state index contributed by atoms with van der Waals surface area (Å²) in [4.78, 5) is 13.3. The third-order valence-electron chi connectivity index (χ3n) is 5.49. The number of nitrogens with zero attached hydrogens (tertiary/aromatic N) is 1. The van der Waals surface area contributed by atoms with Crippen LogP contribution in [0.1, 0.15) is 45.1 Å². The third-order valence-corrected chi connectivity index (χ3v) is 5.49. The molecule has 2 N–H and O–H groups in total. The van der Waals surface area contributed by atoms with E-state index in [-0.39, 0.29) is 12.4 Å². The van der Waals surface area contributed by atoms with Crippen LogP contribution in [-0.2, 0) is 16.7 Å². The van der Waals surface area contributed by atoms with E-state index in [0.717, 1.165) is 43.7 Å². The Morgan fingerprint density at radius 1 is 1.41 bits per heavy atom. The van der Waals surface area contributed by atoms with Crippen LogP contribution in [0.3, 0.4) is 0 Å². The summed E-state index contributed by atoms with van der Waals surface area (Å²) < 4.78 is 8.27. The van der Waals surface area contributed by atoms with Gasteiger partial charge >= 0.3 is 0 Å². The number of nitrogens with one attached hydrogen (secondary N) is 2. The van der Waals surface area contributed by atoms with Gasteiger partial charge in [0.15, 0.2) is 0 Å². The van der Waals surface area contributed by atoms with Crippen molar-refractivity contribution in [1.29, 1.82) is 0 Å². The average Bonchev–Trinajstić information content (AvgIpc) is 3.33. The summed E-state index contributed by atoms with van der Waals surface area (Å²) in [5, 5.41) is 6.94. The highest BCUT2D eigenvalue weighted by atomic mass is 16.2. The maximum Gasteiger partial charge on any atom is 0.219 e. The molecule has 0 radical (unpaired) electrons. The van der Waals surface area contributed by atoms with Gasteiger partial charge in [0.25, 0.3) is 0 Å². The van der Waals surface area contributed by atoms with Crippen molar-refractivity contribution in [2.24, 2.45) is 0 Å². The maximum atomic E-state index is 11.4. The highest BCUT2D eigenvalue weighted by Crippen LogP contribution is 2.50. The van der Waals surface area contributed by atoms with E-state index in [9.17, 15) is 4.79 Å². The number of likely N-dealkylation sites (tertiary alicyclic amines) is 1. The molecule has 1 aromatic rings. The van der Waals surface area contributed by atoms with Crippen molar-refractivity contribution in [2.75, 3.05) is 25.0 Å². The molecule has 118 valence electrons. The minimum Gasteiger partial charge on any atom is -0.382 e. The van der Waals surface area contributed by atoms with E-state index in [4.69, 9.17) is 1.37 Å². The molecule has 4 heteroatoms. The molecule has 1 aliphatic carbocycles. The Balaban J connectivity index is 1.47. The minimum absolute atomic E-state index is 0.176. The van der Waals surface area contributed by atoms with Gasteiger partial charge in [0.2, 0.25) is 5.91 Å². The van der Waals surface area contributed by atoms with Crippen LogP contribution in [0.4, 0.5) is 5.69 Å². The number of carbonyl (C=O) groups excluding carboxylic acids is 1. The number of benzene rings is 1. The summed E-state index contributed by atoms with van der Waals surface area (Å²) in [7, 11) is 0. The van der Waals surface area contributed by atoms with Gasteiger partial charge in [0, 0.05) is 51.6 Å². The first kappa shape index (κ1) is 12.9. The molecule has 2 heterocycles. The summed E-state index contributed by atoms with van der Waals surface area (Å²) in [6, 6.07) is 6.99. The van der Waals surface area contributed by atoms with Gasteiger partial charge in [-0.25, -0.2) is 0 Å². The first-order chi connectivity index (χ1) is 11.1. The lowest BCUT2D eigenvalue weighted by Gasteiger charge is -2.33. The molecule has 4 nitrogen and oxygen atoms in total. The zero-order chi connectivity index (χ0) is 16.0. The van der Waals surface area contributed by atoms with Crippen molar-refractivity contribution in [2.45, 2.75) is 50.6 Å². The molecule has 1 aromatic carbocycles. The lowest BCUT2D eigenvalue weighted by molar-refractivity contribution is -0.129. The summed E-state index contributed by atoms with van der Waals surface area (Å²) in [6.07, 6.45) is 4.47. The predicted octanol–water partition coefficient (Wildman–Crippen LogP) is 2.24. The van der Waals surface area contributed by atoms with Gasteiger partial charge in [-0.05, 0) is 48.9 Å². The standard InChI is InChI=1S/C18H25N3O/c1-13(22)21-8-4-15(5-9-21)20-16-2-3-17-14(10-16)11-19-12-18(17)6-7-18/h2-3,10,15,19-20H,4-9,11-12H2,1H3/i11D. The molecular weight excluding hydrogens is 274 g/mol. The number of rotatable bonds is 2. The molecule has 3 aliphatic rings. The van der Waals surface area contributed by atoms with Crippen molar-refractivity contribution in [1.82, 2.24) is 10.2 Å². The zero-order valence-electron chi connectivity index (χ0n) is 14.2. The maximum absolute atomic E-state index is 11.4. The quantitative estimate of drug-likeness (QED) is 0.880. The molecule has 4 rings (SSSR count). The van der Waals surface area contributed by atoms with E-state index in [1.54, 1.807) is 6.92 Å². The van der Waals surface area contributed by atoms with Crippen LogP contribution < -0.4 is 10.6 Å². The monoisotopic (exact) mass is 300 g/mol. The number of anilines is 1. The van der Waals surface area contributed by atoms with Gasteiger partial charge < -0.3 is 15.5 Å². The average molecular weight is 300 g/mol. The Hall–Kier alpha value is -1.55. The second-order valence-electron chi connectivity index (χ2n) is 7.03. The van der Waals surface area contributed by atoms with Crippen molar-refractivity contribution < 1.29 is 6.17 Å². The number of piperidine rings is 1. The molecule has 2 aliphatic heterocycles. The first-order valence-corrected chi connectivity index (χ1v) is 8.39. The van der Waals surface area contributed by atoms with Crippen molar-refractivity contribution in [3.63, 3.8) is 0 Å². The van der Waals surface area contributed by atoms with Crippen LogP contribution in [0, 0.1) is 0 Å². The fraction of sp³-hybridized carbons (Fsp3) is 0.611. The largest absolute Gasteiger partial charge is 0.382 e. The molecule has 22 heavy (non-hydrogen) atoms. The molecule has 2 fully saturated rings. The highest BCUT2D eigenvalue weighted by molar-refractivity contribution is 5.73. The Morgan fingerprint density at radius 2 is 2.18 bits per heavy atom. The Bertz CT molecular complexity index is 621. The van der Waals surface area contributed by atoms with Gasteiger partial charge in [-0.2, -0.15) is 0 Å². The van der Waals surface area contributed by atoms with Crippen molar-refractivity contribution >= 4 is 11.6 Å². The fourth-order valence-electron chi connectivity index (χ4n) is 3.88. The molecule has 1 saturated carbocycles. The molecular formula is C18H25N3O. The zero-order valence-corrected chi connectivity index (χ0v) is 13.2. The SMILES string of the molecule is [2H]C1NCC2(CC2)c2ccc(NC3CCN(C(C)=O)CC3)cc21. The van der Waals surface area contributed by atoms with E-state index >= 15 is 0 Å². The van der Waals surface area contributed by atoms with E-state index in [1.165, 1.54) is 18.4 Å². The Kier molecular flexibility index (Phi) is 3.10. The first-order valence-electron chi connectivity index (χ1n) is 8.97. The molecule has 1 atom stereocenters. The van der Waals surface area contributed by atoms with E-state index in [0.29, 0.717) is 11.5 Å². The molecule has 0 aromatic heterocycles. The van der Waals surface area contributed by atoms with Crippen LogP contribution >= 0.6 is 0 Å². The van der Waals surface area contributed by atoms with E-state index < -0.39 is 0 Å². The molecule has 1 unspecified atom stereocenters. The van der Waals surface area contributed by atoms with Gasteiger partial charge in [-0.15, -0.1) is 0 Å².